The third-order valence-electron chi connectivity index (χ3n) is 1.92. The molecule has 1 heterocycles. The molecule has 1 saturated heterocycles. The Kier molecular flexibility index (Phi) is 2.39. The molecule has 1 unspecified atom stereocenters. The third-order valence-corrected chi connectivity index (χ3v) is 2.60. The van der Waals surface area contributed by atoms with E-state index in [0.717, 1.165) is 9.13 Å². The van der Waals surface area contributed by atoms with Crippen LogP contribution in [0.1, 0.15) is 11.6 Å². The van der Waals surface area contributed by atoms with Gasteiger partial charge in [-0.15, -0.1) is 0 Å². The van der Waals surface area contributed by atoms with E-state index >= 15 is 0 Å². The highest BCUT2D eigenvalue weighted by atomic mass is 127. The first kappa shape index (κ1) is 8.80. The number of alkyl carbamates (subject to hydrolysis) is 1. The molecule has 0 spiro atoms. The minimum absolute atomic E-state index is 0.0159. The Balaban J connectivity index is 2.21. The summed E-state index contributed by atoms with van der Waals surface area (Å²) in [5.41, 5.74) is 1.10. The lowest BCUT2D eigenvalue weighted by atomic mass is 10.1. The van der Waals surface area contributed by atoms with Crippen molar-refractivity contribution in [3.63, 3.8) is 0 Å². The summed E-state index contributed by atoms with van der Waals surface area (Å²) >= 11 is 2.24. The van der Waals surface area contributed by atoms with Gasteiger partial charge in [0.1, 0.15) is 6.61 Å². The van der Waals surface area contributed by atoms with Crippen LogP contribution in [0, 0.1) is 3.57 Å². The van der Waals surface area contributed by atoms with Gasteiger partial charge in [-0.25, -0.2) is 4.79 Å². The largest absolute Gasteiger partial charge is 0.447 e. The average Bonchev–Trinajstić information content (AvgIpc) is 2.52. The lowest BCUT2D eigenvalue weighted by Gasteiger charge is -2.06. The molecule has 1 atom stereocenters. The summed E-state index contributed by atoms with van der Waals surface area (Å²) in [6, 6.07) is 8.04. The zero-order valence-electron chi connectivity index (χ0n) is 6.79. The number of halogens is 1. The number of carbonyl (C=O) groups excluding carboxylic acids is 1. The highest BCUT2D eigenvalue weighted by molar-refractivity contribution is 14.1. The molecule has 0 bridgehead atoms. The molecule has 0 aliphatic carbocycles. The molecule has 2 rings (SSSR count). The zero-order valence-corrected chi connectivity index (χ0v) is 8.95. The van der Waals surface area contributed by atoms with Gasteiger partial charge in [0.2, 0.25) is 0 Å². The number of cyclic esters (lactones) is 1. The molecular weight excluding hydrogens is 281 g/mol. The summed E-state index contributed by atoms with van der Waals surface area (Å²) < 4.78 is 5.97. The molecule has 1 amide bonds. The fraction of sp³-hybridized carbons (Fsp3) is 0.222. The Morgan fingerprint density at radius 2 is 2.38 bits per heavy atom. The number of rotatable bonds is 1. The minimum Gasteiger partial charge on any atom is -0.447 e. The smallest absolute Gasteiger partial charge is 0.407 e. The maximum absolute atomic E-state index is 10.8. The van der Waals surface area contributed by atoms with E-state index in [1.165, 1.54) is 0 Å². The van der Waals surface area contributed by atoms with E-state index in [9.17, 15) is 4.79 Å². The Morgan fingerprint density at radius 3 is 3.00 bits per heavy atom. The van der Waals surface area contributed by atoms with Crippen LogP contribution in [0.5, 0.6) is 0 Å². The van der Waals surface area contributed by atoms with E-state index in [0.29, 0.717) is 6.61 Å². The topological polar surface area (TPSA) is 38.3 Å². The van der Waals surface area contributed by atoms with Gasteiger partial charge in [-0.2, -0.15) is 0 Å². The van der Waals surface area contributed by atoms with Gasteiger partial charge < -0.3 is 10.1 Å². The highest BCUT2D eigenvalue weighted by Crippen LogP contribution is 2.19. The monoisotopic (exact) mass is 289 g/mol. The van der Waals surface area contributed by atoms with Crippen LogP contribution >= 0.6 is 22.6 Å². The average molecular weight is 289 g/mol. The van der Waals surface area contributed by atoms with Crippen molar-refractivity contribution in [3.8, 4) is 0 Å². The SMILES string of the molecule is O=C1NC(c2cccc(I)c2)CO1. The normalized spacial score (nSPS) is 21.0. The van der Waals surface area contributed by atoms with Gasteiger partial charge in [0.15, 0.2) is 0 Å². The van der Waals surface area contributed by atoms with Crippen molar-refractivity contribution in [2.24, 2.45) is 0 Å². The van der Waals surface area contributed by atoms with E-state index in [1.54, 1.807) is 0 Å². The quantitative estimate of drug-likeness (QED) is 0.804. The standard InChI is InChI=1S/C9H8INO2/c10-7-3-1-2-6(4-7)8-5-13-9(12)11-8/h1-4,8H,5H2,(H,11,12). The molecule has 3 nitrogen and oxygen atoms in total. The molecule has 1 aliphatic rings. The number of carbonyl (C=O) groups is 1. The molecule has 0 radical (unpaired) electrons. The first-order valence-corrected chi connectivity index (χ1v) is 5.02. The Morgan fingerprint density at radius 1 is 1.54 bits per heavy atom. The van der Waals surface area contributed by atoms with E-state index in [4.69, 9.17) is 4.74 Å². The number of benzene rings is 1. The van der Waals surface area contributed by atoms with Crippen molar-refractivity contribution in [1.82, 2.24) is 5.32 Å². The predicted molar refractivity (Wildman–Crippen MR) is 56.4 cm³/mol. The van der Waals surface area contributed by atoms with Crippen LogP contribution in [0.3, 0.4) is 0 Å². The van der Waals surface area contributed by atoms with Gasteiger partial charge in [-0.1, -0.05) is 12.1 Å². The van der Waals surface area contributed by atoms with Crippen LogP contribution in [0.4, 0.5) is 4.79 Å². The lowest BCUT2D eigenvalue weighted by Crippen LogP contribution is -2.18. The molecule has 1 N–H and O–H groups in total. The molecular formula is C9H8INO2. The van der Waals surface area contributed by atoms with Crippen LogP contribution in [0.25, 0.3) is 0 Å². The third kappa shape index (κ3) is 1.93. The summed E-state index contributed by atoms with van der Waals surface area (Å²) in [6.07, 6.45) is -0.330. The second-order valence-corrected chi connectivity index (χ2v) is 4.10. The van der Waals surface area contributed by atoms with Crippen molar-refractivity contribution >= 4 is 28.7 Å². The van der Waals surface area contributed by atoms with Crippen LogP contribution in [0.2, 0.25) is 0 Å². The number of hydrogen-bond donors (Lipinski definition) is 1. The van der Waals surface area contributed by atoms with Gasteiger partial charge in [0.05, 0.1) is 6.04 Å². The fourth-order valence-corrected chi connectivity index (χ4v) is 1.85. The van der Waals surface area contributed by atoms with E-state index in [-0.39, 0.29) is 12.1 Å². The molecule has 4 heteroatoms. The second-order valence-electron chi connectivity index (χ2n) is 2.85. The molecule has 1 aromatic carbocycles. The Labute approximate surface area is 89.6 Å². The lowest BCUT2D eigenvalue weighted by molar-refractivity contribution is 0.177. The Hall–Kier alpha value is -0.780. The van der Waals surface area contributed by atoms with Crippen LogP contribution < -0.4 is 5.32 Å². The molecule has 1 fully saturated rings. The minimum atomic E-state index is -0.330. The second kappa shape index (κ2) is 3.53. The summed E-state index contributed by atoms with van der Waals surface area (Å²) in [5.74, 6) is 0. The molecule has 0 saturated carbocycles. The van der Waals surface area contributed by atoms with E-state index in [1.807, 2.05) is 24.3 Å². The van der Waals surface area contributed by atoms with Gasteiger partial charge in [-0.05, 0) is 40.3 Å². The summed E-state index contributed by atoms with van der Waals surface area (Å²) in [6.45, 7) is 0.429. The predicted octanol–water partition coefficient (Wildman–Crippen LogP) is 2.07. The fourth-order valence-electron chi connectivity index (χ4n) is 1.29. The maximum atomic E-state index is 10.8. The summed E-state index contributed by atoms with van der Waals surface area (Å²) in [5, 5.41) is 2.73. The van der Waals surface area contributed by atoms with Crippen molar-refractivity contribution in [1.29, 1.82) is 0 Å². The molecule has 13 heavy (non-hydrogen) atoms. The molecule has 0 aromatic heterocycles. The molecule has 1 aromatic rings. The Bertz CT molecular complexity index is 340. The van der Waals surface area contributed by atoms with Crippen molar-refractivity contribution in [3.05, 3.63) is 33.4 Å². The first-order chi connectivity index (χ1) is 6.25. The van der Waals surface area contributed by atoms with E-state index < -0.39 is 0 Å². The number of nitrogens with one attached hydrogen (secondary N) is 1. The van der Waals surface area contributed by atoms with Crippen molar-refractivity contribution in [2.75, 3.05) is 6.61 Å². The number of amides is 1. The van der Waals surface area contributed by atoms with Crippen LogP contribution in [0.15, 0.2) is 24.3 Å². The first-order valence-electron chi connectivity index (χ1n) is 3.94. The van der Waals surface area contributed by atoms with Crippen molar-refractivity contribution < 1.29 is 9.53 Å². The van der Waals surface area contributed by atoms with Gasteiger partial charge in [0, 0.05) is 3.57 Å². The summed E-state index contributed by atoms with van der Waals surface area (Å²) in [4.78, 5) is 10.8. The number of ether oxygens (including phenoxy) is 1. The molecule has 1 aliphatic heterocycles. The van der Waals surface area contributed by atoms with Crippen LogP contribution in [-0.4, -0.2) is 12.7 Å². The number of hydrogen-bond acceptors (Lipinski definition) is 2. The van der Waals surface area contributed by atoms with Crippen molar-refractivity contribution in [2.45, 2.75) is 6.04 Å². The molecule has 68 valence electrons. The zero-order chi connectivity index (χ0) is 9.26. The van der Waals surface area contributed by atoms with Crippen LogP contribution in [-0.2, 0) is 4.74 Å². The summed E-state index contributed by atoms with van der Waals surface area (Å²) in [7, 11) is 0. The van der Waals surface area contributed by atoms with E-state index in [2.05, 4.69) is 27.9 Å². The highest BCUT2D eigenvalue weighted by Gasteiger charge is 2.23. The van der Waals surface area contributed by atoms with Gasteiger partial charge >= 0.3 is 6.09 Å². The van der Waals surface area contributed by atoms with Gasteiger partial charge in [0.25, 0.3) is 0 Å². The maximum Gasteiger partial charge on any atom is 0.407 e. The van der Waals surface area contributed by atoms with Gasteiger partial charge in [-0.3, -0.25) is 0 Å².